The maximum absolute atomic E-state index is 13.9. The van der Waals surface area contributed by atoms with Gasteiger partial charge in [0.15, 0.2) is 0 Å². The summed E-state index contributed by atoms with van der Waals surface area (Å²) in [5.74, 6) is -0.0880. The number of hydrogen-bond donors (Lipinski definition) is 1. The lowest BCUT2D eigenvalue weighted by Gasteiger charge is -2.25. The van der Waals surface area contributed by atoms with Crippen LogP contribution in [0.25, 0.3) is 10.2 Å². The van der Waals surface area contributed by atoms with E-state index in [1.165, 1.54) is 47.8 Å². The van der Waals surface area contributed by atoms with Crippen molar-refractivity contribution in [3.05, 3.63) is 174 Å². The number of halogens is 1. The number of aryl methyl sites for hydroxylation is 2. The Bertz CT molecular complexity index is 3000. The van der Waals surface area contributed by atoms with E-state index in [1.807, 2.05) is 44.2 Å². The molecule has 0 amide bonds. The Morgan fingerprint density at radius 1 is 0.326 bits per heavy atom. The summed E-state index contributed by atoms with van der Waals surface area (Å²) in [7, 11) is 0. The minimum absolute atomic E-state index is 0.0112. The predicted octanol–water partition coefficient (Wildman–Crippen LogP) is 24.2. The van der Waals surface area contributed by atoms with Gasteiger partial charge in [-0.1, -0.05) is 277 Å². The lowest BCUT2D eigenvalue weighted by Crippen LogP contribution is -2.18. The molecule has 4 nitrogen and oxygen atoms in total. The number of fused-ring (bicyclic) bond motifs is 1. The standard InChI is InChI=1S/C15H24.C14H21F.C14H23N.C12H20N2.C12H15NS.C12H20S/c1-11-10-12(14(2,3)4)8-9-13(11)15(5,6)7;2*1-13(2,3)10-7-8-11(12(15)9-10)14(4,5)6;1-11(2,3)9-7-8-10(14-13-9)12(4,5)6;1-8-13-10-6-5-9(12(2,3)4)7-11(10)14-8;1-11(2,3)9-7-8-10(13-9)12(4,5)6/h8-10H,1-7H3;7-9H,1-6H3;7-9H,15H2,1-6H3;7-8H,1-6H3;5-7H,1-4H3;7-8H,1-6H3. The molecule has 2 N–H and O–H groups in total. The van der Waals surface area contributed by atoms with Crippen molar-refractivity contribution in [2.45, 2.75) is 302 Å². The van der Waals surface area contributed by atoms with Crippen LogP contribution in [-0.4, -0.2) is 15.2 Å². The first-order valence-electron chi connectivity index (χ1n) is 31.4. The molecule has 7 heteroatoms. The summed E-state index contributed by atoms with van der Waals surface area (Å²) in [6, 6.07) is 34.2. The van der Waals surface area contributed by atoms with E-state index < -0.39 is 0 Å². The number of anilines is 1. The topological polar surface area (TPSA) is 64.7 Å². The van der Waals surface area contributed by atoms with E-state index in [0.717, 1.165) is 38.7 Å². The number of thiazole rings is 1. The summed E-state index contributed by atoms with van der Waals surface area (Å²) in [4.78, 5) is 7.42. The molecular weight excluding hydrogens is 1090 g/mol. The normalized spacial score (nSPS) is 12.9. The van der Waals surface area contributed by atoms with E-state index in [-0.39, 0.29) is 54.6 Å². The number of rotatable bonds is 0. The summed E-state index contributed by atoms with van der Waals surface area (Å²) in [6.07, 6.45) is 0. The Balaban J connectivity index is 0.000000352. The van der Waals surface area contributed by atoms with Crippen LogP contribution >= 0.6 is 22.7 Å². The van der Waals surface area contributed by atoms with E-state index in [4.69, 9.17) is 5.73 Å². The van der Waals surface area contributed by atoms with Crippen molar-refractivity contribution in [3.63, 3.8) is 0 Å². The highest BCUT2D eigenvalue weighted by Gasteiger charge is 2.26. The van der Waals surface area contributed by atoms with Crippen molar-refractivity contribution in [2.24, 2.45) is 0 Å². The van der Waals surface area contributed by atoms with Gasteiger partial charge in [0, 0.05) is 26.3 Å². The molecule has 3 aromatic heterocycles. The summed E-state index contributed by atoms with van der Waals surface area (Å²) in [5, 5.41) is 9.68. The van der Waals surface area contributed by atoms with Gasteiger partial charge in [0.2, 0.25) is 0 Å². The van der Waals surface area contributed by atoms with E-state index in [2.05, 4.69) is 316 Å². The van der Waals surface area contributed by atoms with Crippen LogP contribution in [0, 0.1) is 19.7 Å². The molecule has 0 saturated carbocycles. The molecule has 0 spiro atoms. The Labute approximate surface area is 536 Å². The first-order valence-corrected chi connectivity index (χ1v) is 33.0. The Morgan fingerprint density at radius 3 is 0.965 bits per heavy atom. The average Bonchev–Trinajstić information content (AvgIpc) is 4.13. The molecule has 7 rings (SSSR count). The third kappa shape index (κ3) is 24.7. The molecule has 4 aromatic carbocycles. The molecule has 0 aliphatic carbocycles. The van der Waals surface area contributed by atoms with Gasteiger partial charge in [0.25, 0.3) is 0 Å². The second-order valence-electron chi connectivity index (χ2n) is 35.2. The predicted molar refractivity (Wildman–Crippen MR) is 385 cm³/mol. The fourth-order valence-corrected chi connectivity index (χ4v) is 11.0. The van der Waals surface area contributed by atoms with E-state index in [9.17, 15) is 4.39 Å². The van der Waals surface area contributed by atoms with Gasteiger partial charge in [-0.3, -0.25) is 0 Å². The lowest BCUT2D eigenvalue weighted by atomic mass is 9.80. The molecular formula is C79H123FN4S2. The lowest BCUT2D eigenvalue weighted by molar-refractivity contribution is 0.513. The highest BCUT2D eigenvalue weighted by atomic mass is 32.1. The number of aromatic nitrogens is 3. The molecule has 86 heavy (non-hydrogen) atoms. The van der Waals surface area contributed by atoms with Crippen molar-refractivity contribution < 1.29 is 4.39 Å². The van der Waals surface area contributed by atoms with Gasteiger partial charge in [-0.05, 0) is 156 Å². The zero-order valence-corrected chi connectivity index (χ0v) is 63.0. The van der Waals surface area contributed by atoms with Gasteiger partial charge in [-0.2, -0.15) is 10.2 Å². The number of benzene rings is 4. The van der Waals surface area contributed by atoms with E-state index >= 15 is 0 Å². The van der Waals surface area contributed by atoms with Crippen LogP contribution in [0.3, 0.4) is 0 Å². The van der Waals surface area contributed by atoms with Crippen molar-refractivity contribution in [2.75, 3.05) is 5.73 Å². The maximum atomic E-state index is 13.9. The van der Waals surface area contributed by atoms with Crippen LogP contribution in [0.15, 0.2) is 97.1 Å². The first kappa shape index (κ1) is 77.4. The molecule has 0 radical (unpaired) electrons. The average molecular weight is 1210 g/mol. The minimum Gasteiger partial charge on any atom is -0.398 e. The van der Waals surface area contributed by atoms with Crippen molar-refractivity contribution >= 4 is 38.6 Å². The van der Waals surface area contributed by atoms with Crippen LogP contribution in [0.2, 0.25) is 0 Å². The summed E-state index contributed by atoms with van der Waals surface area (Å²) in [5.41, 5.74) is 22.0. The summed E-state index contributed by atoms with van der Waals surface area (Å²) in [6.45, 7) is 76.6. The molecule has 0 aliphatic heterocycles. The zero-order chi connectivity index (χ0) is 67.2. The van der Waals surface area contributed by atoms with E-state index in [1.54, 1.807) is 17.4 Å². The summed E-state index contributed by atoms with van der Waals surface area (Å²) >= 11 is 3.72. The largest absolute Gasteiger partial charge is 0.398 e. The van der Waals surface area contributed by atoms with Gasteiger partial charge >= 0.3 is 0 Å². The van der Waals surface area contributed by atoms with Gasteiger partial charge in [-0.15, -0.1) is 22.7 Å². The van der Waals surface area contributed by atoms with Gasteiger partial charge in [0.05, 0.1) is 26.6 Å². The quantitative estimate of drug-likeness (QED) is 0.154. The Morgan fingerprint density at radius 2 is 0.663 bits per heavy atom. The van der Waals surface area contributed by atoms with Crippen molar-refractivity contribution in [1.82, 2.24) is 15.2 Å². The fraction of sp³-hybridized carbons (Fsp3) is 0.582. The smallest absolute Gasteiger partial charge is 0.127 e. The van der Waals surface area contributed by atoms with Crippen LogP contribution < -0.4 is 5.73 Å². The Hall–Kier alpha value is -4.72. The molecule has 0 aliphatic rings. The Kier molecular flexibility index (Phi) is 25.6. The number of nitrogens with zero attached hydrogens (tertiary/aromatic N) is 3. The molecule has 3 heterocycles. The van der Waals surface area contributed by atoms with Crippen LogP contribution in [0.4, 0.5) is 10.1 Å². The van der Waals surface area contributed by atoms with Gasteiger partial charge in [0.1, 0.15) is 5.82 Å². The number of hydrogen-bond acceptors (Lipinski definition) is 6. The number of nitrogens with two attached hydrogens (primary N) is 1. The van der Waals surface area contributed by atoms with Crippen LogP contribution in [0.5, 0.6) is 0 Å². The third-order valence-electron chi connectivity index (χ3n) is 14.9. The van der Waals surface area contributed by atoms with Gasteiger partial charge in [-0.25, -0.2) is 9.37 Å². The second kappa shape index (κ2) is 28.4. The molecule has 0 unspecified atom stereocenters. The third-order valence-corrected chi connectivity index (χ3v) is 17.8. The minimum atomic E-state index is -0.125. The molecule has 478 valence electrons. The van der Waals surface area contributed by atoms with Crippen LogP contribution in [0.1, 0.15) is 299 Å². The SMILES string of the molecule is CC(C)(C)c1ccc(C(C)(C)C)c(F)c1.CC(C)(C)c1ccc(C(C)(C)C)c(N)c1.CC(C)(C)c1ccc(C(C)(C)C)nn1.CC(C)(C)c1ccc(C(C)(C)C)s1.Cc1cc(C(C)(C)C)ccc1C(C)(C)C.Cc1nc2ccc(C(C)(C)C)cc2s1. The fourth-order valence-electron chi connectivity index (χ4n) is 9.06. The highest BCUT2D eigenvalue weighted by molar-refractivity contribution is 7.18. The molecule has 0 fully saturated rings. The van der Waals surface area contributed by atoms with Crippen molar-refractivity contribution in [3.8, 4) is 0 Å². The van der Waals surface area contributed by atoms with E-state index in [0.29, 0.717) is 10.8 Å². The van der Waals surface area contributed by atoms with Crippen LogP contribution in [-0.2, 0) is 59.6 Å². The second-order valence-corrected chi connectivity index (χ2v) is 37.5. The number of nitrogen functional groups attached to an aromatic ring is 1. The molecule has 0 atom stereocenters. The zero-order valence-electron chi connectivity index (χ0n) is 61.4. The summed E-state index contributed by atoms with van der Waals surface area (Å²) < 4.78 is 15.2. The molecule has 7 aromatic rings. The first-order chi connectivity index (χ1) is 38.2. The maximum Gasteiger partial charge on any atom is 0.127 e. The highest BCUT2D eigenvalue weighted by Crippen LogP contribution is 2.37. The van der Waals surface area contributed by atoms with Crippen molar-refractivity contribution in [1.29, 1.82) is 0 Å². The molecule has 0 saturated heterocycles. The molecule has 0 bridgehead atoms. The monoisotopic (exact) mass is 1210 g/mol. The van der Waals surface area contributed by atoms with Gasteiger partial charge < -0.3 is 5.73 Å². The number of thiophene rings is 1.